The number of carbonyl (C=O) groups is 1. The average Bonchev–Trinajstić information content (AvgIpc) is 3.18. The molecule has 1 aromatic carbocycles. The van der Waals surface area contributed by atoms with E-state index in [2.05, 4.69) is 30.5 Å². The third kappa shape index (κ3) is 4.04. The van der Waals surface area contributed by atoms with Crippen LogP contribution in [0.1, 0.15) is 21.6 Å². The third-order valence-electron chi connectivity index (χ3n) is 3.93. The largest absolute Gasteiger partial charge is 0.289 e. The monoisotopic (exact) mass is 356 g/mol. The molecular weight excluding hydrogens is 340 g/mol. The second kappa shape index (κ2) is 7.57. The van der Waals surface area contributed by atoms with Gasteiger partial charge in [0.15, 0.2) is 5.82 Å². The second-order valence-electron chi connectivity index (χ2n) is 5.88. The molecule has 27 heavy (non-hydrogen) atoms. The highest BCUT2D eigenvalue weighted by Gasteiger charge is 2.12. The molecule has 0 radical (unpaired) electrons. The van der Waals surface area contributed by atoms with Crippen LogP contribution in [0.4, 0.5) is 5.95 Å². The van der Waals surface area contributed by atoms with Gasteiger partial charge in [-0.3, -0.25) is 25.2 Å². The maximum Gasteiger partial charge on any atom is 0.259 e. The van der Waals surface area contributed by atoms with Gasteiger partial charge in [-0.15, -0.1) is 5.10 Å². The molecule has 4 rings (SSSR count). The van der Waals surface area contributed by atoms with E-state index < -0.39 is 0 Å². The van der Waals surface area contributed by atoms with Gasteiger partial charge in [0.2, 0.25) is 5.95 Å². The number of aromatic nitrogens is 5. The van der Waals surface area contributed by atoms with Gasteiger partial charge in [0, 0.05) is 24.5 Å². The van der Waals surface area contributed by atoms with Gasteiger partial charge >= 0.3 is 0 Å². The van der Waals surface area contributed by atoms with E-state index in [1.54, 1.807) is 18.5 Å². The number of hydrogen-bond acceptors (Lipinski definition) is 5. The molecule has 0 aliphatic heterocycles. The average molecular weight is 356 g/mol. The number of aromatic amines is 1. The maximum absolute atomic E-state index is 12.4. The highest BCUT2D eigenvalue weighted by atomic mass is 16.1. The van der Waals surface area contributed by atoms with Crippen LogP contribution < -0.4 is 5.32 Å². The van der Waals surface area contributed by atoms with Gasteiger partial charge in [-0.2, -0.15) is 4.98 Å². The van der Waals surface area contributed by atoms with Crippen molar-refractivity contribution in [2.75, 3.05) is 5.32 Å². The molecule has 3 heterocycles. The van der Waals surface area contributed by atoms with Crippen molar-refractivity contribution in [3.8, 4) is 11.5 Å². The summed E-state index contributed by atoms with van der Waals surface area (Å²) >= 11 is 0. The molecule has 0 aliphatic carbocycles. The van der Waals surface area contributed by atoms with Crippen molar-refractivity contribution in [2.24, 2.45) is 0 Å². The summed E-state index contributed by atoms with van der Waals surface area (Å²) in [6, 6.07) is 19.1. The predicted octanol–water partition coefficient (Wildman–Crippen LogP) is 3.10. The Hall–Kier alpha value is -3.87. The van der Waals surface area contributed by atoms with Crippen LogP contribution in [0.25, 0.3) is 11.5 Å². The minimum atomic E-state index is -0.319. The molecule has 2 N–H and O–H groups in total. The molecule has 7 nitrogen and oxygen atoms in total. The molecule has 4 aromatic rings. The van der Waals surface area contributed by atoms with E-state index in [4.69, 9.17) is 0 Å². The van der Waals surface area contributed by atoms with Crippen LogP contribution in [0.5, 0.6) is 0 Å². The molecule has 0 saturated carbocycles. The smallest absolute Gasteiger partial charge is 0.259 e. The van der Waals surface area contributed by atoms with Crippen LogP contribution in [0.15, 0.2) is 73.1 Å². The van der Waals surface area contributed by atoms with Gasteiger partial charge in [0.25, 0.3) is 5.91 Å². The molecule has 0 fully saturated rings. The molecule has 132 valence electrons. The standard InChI is InChI=1S/C20H16N6O/c27-19(24-20-23-18(25-26-20)17-8-4-5-11-21-17)15-9-10-16(22-13-15)12-14-6-2-1-3-7-14/h1-11,13H,12H2,(H2,23,24,25,26,27). The van der Waals surface area contributed by atoms with Crippen molar-refractivity contribution < 1.29 is 4.79 Å². The van der Waals surface area contributed by atoms with Crippen molar-refractivity contribution in [1.29, 1.82) is 0 Å². The second-order valence-corrected chi connectivity index (χ2v) is 5.88. The normalized spacial score (nSPS) is 10.5. The lowest BCUT2D eigenvalue weighted by molar-refractivity contribution is 0.102. The van der Waals surface area contributed by atoms with Crippen molar-refractivity contribution in [3.63, 3.8) is 0 Å². The van der Waals surface area contributed by atoms with Gasteiger partial charge in [-0.25, -0.2) is 0 Å². The Morgan fingerprint density at radius 1 is 0.963 bits per heavy atom. The molecule has 0 unspecified atom stereocenters. The number of anilines is 1. The molecule has 0 spiro atoms. The first-order valence-electron chi connectivity index (χ1n) is 8.42. The van der Waals surface area contributed by atoms with Crippen LogP contribution in [-0.4, -0.2) is 31.1 Å². The lowest BCUT2D eigenvalue weighted by Gasteiger charge is -2.03. The molecule has 0 aliphatic rings. The van der Waals surface area contributed by atoms with Gasteiger partial charge in [-0.05, 0) is 29.8 Å². The molecular formula is C20H16N6O. The fraction of sp³-hybridized carbons (Fsp3) is 0.0500. The van der Waals surface area contributed by atoms with E-state index in [1.165, 1.54) is 5.56 Å². The Bertz CT molecular complexity index is 1030. The number of nitrogens with zero attached hydrogens (tertiary/aromatic N) is 4. The van der Waals surface area contributed by atoms with Crippen molar-refractivity contribution >= 4 is 11.9 Å². The first-order chi connectivity index (χ1) is 13.3. The zero-order valence-corrected chi connectivity index (χ0v) is 14.3. The Morgan fingerprint density at radius 3 is 2.56 bits per heavy atom. The number of amides is 1. The van der Waals surface area contributed by atoms with Crippen LogP contribution >= 0.6 is 0 Å². The molecule has 3 aromatic heterocycles. The van der Waals surface area contributed by atoms with Crippen LogP contribution in [0.2, 0.25) is 0 Å². The third-order valence-corrected chi connectivity index (χ3v) is 3.93. The van der Waals surface area contributed by atoms with E-state index in [1.807, 2.05) is 54.6 Å². The van der Waals surface area contributed by atoms with Crippen molar-refractivity contribution in [3.05, 3.63) is 89.9 Å². The molecule has 0 saturated heterocycles. The number of hydrogen-bond donors (Lipinski definition) is 2. The van der Waals surface area contributed by atoms with E-state index in [0.717, 1.165) is 12.1 Å². The summed E-state index contributed by atoms with van der Waals surface area (Å²) in [6.45, 7) is 0. The van der Waals surface area contributed by atoms with Gasteiger partial charge in [0.05, 0.1) is 5.56 Å². The lowest BCUT2D eigenvalue weighted by Crippen LogP contribution is -2.13. The summed E-state index contributed by atoms with van der Waals surface area (Å²) in [5.74, 6) is 0.358. The SMILES string of the molecule is O=C(Nc1n[nH]c(-c2ccccn2)n1)c1ccc(Cc2ccccc2)nc1. The lowest BCUT2D eigenvalue weighted by atomic mass is 10.1. The topological polar surface area (TPSA) is 96.5 Å². The van der Waals surface area contributed by atoms with E-state index in [-0.39, 0.29) is 11.9 Å². The number of pyridine rings is 2. The number of nitrogens with one attached hydrogen (secondary N) is 2. The Balaban J connectivity index is 1.42. The minimum Gasteiger partial charge on any atom is -0.289 e. The Kier molecular flexibility index (Phi) is 4.65. The number of carbonyl (C=O) groups excluding carboxylic acids is 1. The first-order valence-corrected chi connectivity index (χ1v) is 8.42. The molecule has 1 amide bonds. The Morgan fingerprint density at radius 2 is 1.81 bits per heavy atom. The number of rotatable bonds is 5. The van der Waals surface area contributed by atoms with Crippen molar-refractivity contribution in [1.82, 2.24) is 25.1 Å². The summed E-state index contributed by atoms with van der Waals surface area (Å²) in [6.07, 6.45) is 3.94. The van der Waals surface area contributed by atoms with Crippen molar-refractivity contribution in [2.45, 2.75) is 6.42 Å². The summed E-state index contributed by atoms with van der Waals surface area (Å²) in [5.41, 5.74) is 3.16. The predicted molar refractivity (Wildman–Crippen MR) is 101 cm³/mol. The fourth-order valence-corrected chi connectivity index (χ4v) is 2.58. The zero-order valence-electron chi connectivity index (χ0n) is 14.3. The molecule has 0 bridgehead atoms. The Labute approximate surface area is 155 Å². The zero-order chi connectivity index (χ0) is 18.5. The van der Waals surface area contributed by atoms with Gasteiger partial charge < -0.3 is 0 Å². The number of H-pyrrole nitrogens is 1. The van der Waals surface area contributed by atoms with E-state index >= 15 is 0 Å². The highest BCUT2D eigenvalue weighted by molar-refractivity contribution is 6.03. The van der Waals surface area contributed by atoms with E-state index in [9.17, 15) is 4.79 Å². The number of benzene rings is 1. The molecule has 7 heteroatoms. The molecule has 0 atom stereocenters. The summed E-state index contributed by atoms with van der Waals surface area (Å²) < 4.78 is 0. The van der Waals surface area contributed by atoms with Crippen LogP contribution in [-0.2, 0) is 6.42 Å². The van der Waals surface area contributed by atoms with Gasteiger partial charge in [0.1, 0.15) is 5.69 Å². The quantitative estimate of drug-likeness (QED) is 0.573. The highest BCUT2D eigenvalue weighted by Crippen LogP contribution is 2.13. The first kappa shape index (κ1) is 16.6. The summed E-state index contributed by atoms with van der Waals surface area (Å²) in [4.78, 5) is 25.2. The van der Waals surface area contributed by atoms with Crippen LogP contribution in [0, 0.1) is 0 Å². The van der Waals surface area contributed by atoms with Gasteiger partial charge in [-0.1, -0.05) is 36.4 Å². The minimum absolute atomic E-state index is 0.189. The van der Waals surface area contributed by atoms with E-state index in [0.29, 0.717) is 17.1 Å². The fourth-order valence-electron chi connectivity index (χ4n) is 2.58. The van der Waals surface area contributed by atoms with Crippen LogP contribution in [0.3, 0.4) is 0 Å². The summed E-state index contributed by atoms with van der Waals surface area (Å²) in [7, 11) is 0. The maximum atomic E-state index is 12.4. The summed E-state index contributed by atoms with van der Waals surface area (Å²) in [5, 5.41) is 9.42.